The van der Waals surface area contributed by atoms with Crippen molar-refractivity contribution in [2.45, 2.75) is 0 Å². The summed E-state index contributed by atoms with van der Waals surface area (Å²) in [4.78, 5) is 0. The van der Waals surface area contributed by atoms with Crippen LogP contribution in [0.5, 0.6) is 0 Å². The van der Waals surface area contributed by atoms with Gasteiger partial charge in [0.05, 0.1) is 0 Å². The van der Waals surface area contributed by atoms with Crippen molar-refractivity contribution in [1.82, 2.24) is 0 Å². The summed E-state index contributed by atoms with van der Waals surface area (Å²) in [6.07, 6.45) is 0. The van der Waals surface area contributed by atoms with Crippen LogP contribution in [0.25, 0.3) is 11.1 Å². The molecule has 0 atom stereocenters. The lowest BCUT2D eigenvalue weighted by Gasteiger charge is -2.07. The molecule has 0 bridgehead atoms. The third-order valence-electron chi connectivity index (χ3n) is 2.31. The van der Waals surface area contributed by atoms with E-state index in [0.29, 0.717) is 0 Å². The van der Waals surface area contributed by atoms with Gasteiger partial charge in [-0.05, 0) is 17.2 Å². The third kappa shape index (κ3) is 1.75. The summed E-state index contributed by atoms with van der Waals surface area (Å²) in [7, 11) is 2.13. The Labute approximate surface area is 93.5 Å². The third-order valence-corrected chi connectivity index (χ3v) is 3.00. The van der Waals surface area contributed by atoms with Gasteiger partial charge in [-0.2, -0.15) is 0 Å². The Hall–Kier alpha value is -1.02. The Morgan fingerprint density at radius 3 is 2.00 bits per heavy atom. The summed E-state index contributed by atoms with van der Waals surface area (Å²) in [6, 6.07) is 16.7. The van der Waals surface area contributed by atoms with E-state index in [1.807, 2.05) is 6.07 Å². The maximum Gasteiger partial charge on any atom is 0.140 e. The van der Waals surface area contributed by atoms with Crippen LogP contribution in [-0.2, 0) is 0 Å². The Kier molecular flexibility index (Phi) is 2.73. The van der Waals surface area contributed by atoms with Crippen LogP contribution in [0.3, 0.4) is 0 Å². The molecule has 0 amide bonds. The van der Waals surface area contributed by atoms with Gasteiger partial charge in [-0.3, -0.25) is 0 Å². The molecule has 0 saturated heterocycles. The quantitative estimate of drug-likeness (QED) is 0.676. The van der Waals surface area contributed by atoms with E-state index in [9.17, 15) is 0 Å². The molecular weight excluding hydrogens is 235 g/mol. The van der Waals surface area contributed by atoms with E-state index in [-0.39, 0.29) is 0 Å². The molecule has 14 heavy (non-hydrogen) atoms. The summed E-state index contributed by atoms with van der Waals surface area (Å²) in [5.41, 5.74) is 3.85. The molecule has 0 nitrogen and oxygen atoms in total. The fourth-order valence-electron chi connectivity index (χ4n) is 1.55. The standard InChI is InChI=1S/C12H10BBr/c13-11-7-3-1-5-9(11)10-6-2-4-8-12(10)14/h1-8H,13H2. The van der Waals surface area contributed by atoms with Crippen molar-refractivity contribution in [3.05, 3.63) is 53.0 Å². The molecule has 0 radical (unpaired) electrons. The zero-order valence-corrected chi connectivity index (χ0v) is 9.58. The summed E-state index contributed by atoms with van der Waals surface area (Å²) in [5.74, 6) is 0. The van der Waals surface area contributed by atoms with Crippen molar-refractivity contribution in [2.75, 3.05) is 0 Å². The minimum absolute atomic E-state index is 1.15. The molecule has 68 valence electrons. The van der Waals surface area contributed by atoms with Crippen molar-refractivity contribution in [1.29, 1.82) is 0 Å². The molecule has 0 aliphatic carbocycles. The molecule has 2 aromatic rings. The summed E-state index contributed by atoms with van der Waals surface area (Å²) < 4.78 is 1.15. The molecule has 0 spiro atoms. The monoisotopic (exact) mass is 244 g/mol. The van der Waals surface area contributed by atoms with E-state index >= 15 is 0 Å². The minimum Gasteiger partial charge on any atom is -0.0812 e. The molecule has 0 heterocycles. The first kappa shape index (κ1) is 9.54. The number of hydrogen-bond donors (Lipinski definition) is 0. The van der Waals surface area contributed by atoms with Gasteiger partial charge in [0.25, 0.3) is 0 Å². The second-order valence-electron chi connectivity index (χ2n) is 3.29. The van der Waals surface area contributed by atoms with E-state index in [1.54, 1.807) is 0 Å². The molecule has 0 saturated carbocycles. The Morgan fingerprint density at radius 1 is 0.786 bits per heavy atom. The maximum atomic E-state index is 3.57. The zero-order valence-electron chi connectivity index (χ0n) is 8.00. The van der Waals surface area contributed by atoms with E-state index < -0.39 is 0 Å². The highest BCUT2D eigenvalue weighted by atomic mass is 79.9. The van der Waals surface area contributed by atoms with Crippen molar-refractivity contribution in [3.8, 4) is 11.1 Å². The highest BCUT2D eigenvalue weighted by Gasteiger charge is 2.03. The molecule has 0 unspecified atom stereocenters. The van der Waals surface area contributed by atoms with Crippen LogP contribution in [0.15, 0.2) is 53.0 Å². The topological polar surface area (TPSA) is 0 Å². The first-order chi connectivity index (χ1) is 6.79. The predicted molar refractivity (Wildman–Crippen MR) is 67.8 cm³/mol. The SMILES string of the molecule is Bc1ccccc1-c1ccccc1Br. The van der Waals surface area contributed by atoms with Gasteiger partial charge in [0.1, 0.15) is 7.85 Å². The molecule has 0 aromatic heterocycles. The lowest BCUT2D eigenvalue weighted by molar-refractivity contribution is 1.61. The average Bonchev–Trinajstić information content (AvgIpc) is 2.20. The van der Waals surface area contributed by atoms with Crippen LogP contribution >= 0.6 is 15.9 Å². The van der Waals surface area contributed by atoms with Gasteiger partial charge in [0.2, 0.25) is 0 Å². The Balaban J connectivity index is 2.61. The van der Waals surface area contributed by atoms with Crippen LogP contribution < -0.4 is 5.46 Å². The van der Waals surface area contributed by atoms with Crippen molar-refractivity contribution in [3.63, 3.8) is 0 Å². The van der Waals surface area contributed by atoms with Crippen molar-refractivity contribution < 1.29 is 0 Å². The number of rotatable bonds is 1. The molecule has 0 aliphatic rings. The van der Waals surface area contributed by atoms with E-state index in [0.717, 1.165) is 4.47 Å². The average molecular weight is 245 g/mol. The molecule has 0 N–H and O–H groups in total. The van der Waals surface area contributed by atoms with Crippen LogP contribution in [-0.4, -0.2) is 7.85 Å². The fourth-order valence-corrected chi connectivity index (χ4v) is 2.05. The zero-order chi connectivity index (χ0) is 9.97. The predicted octanol–water partition coefficient (Wildman–Crippen LogP) is 2.37. The second-order valence-corrected chi connectivity index (χ2v) is 4.15. The Bertz CT molecular complexity index is 408. The van der Waals surface area contributed by atoms with Gasteiger partial charge >= 0.3 is 0 Å². The number of halogens is 1. The van der Waals surface area contributed by atoms with Gasteiger partial charge in [-0.15, -0.1) is 0 Å². The smallest absolute Gasteiger partial charge is 0.0812 e. The number of hydrogen-bond acceptors (Lipinski definition) is 0. The first-order valence-corrected chi connectivity index (χ1v) is 5.39. The van der Waals surface area contributed by atoms with E-state index in [2.05, 4.69) is 66.2 Å². The van der Waals surface area contributed by atoms with Crippen LogP contribution in [0.1, 0.15) is 0 Å². The lowest BCUT2D eigenvalue weighted by Crippen LogP contribution is -2.05. The van der Waals surface area contributed by atoms with E-state index in [4.69, 9.17) is 0 Å². The molecular formula is C12H10BBr. The summed E-state index contributed by atoms with van der Waals surface area (Å²) >= 11 is 3.57. The lowest BCUT2D eigenvalue weighted by atomic mass is 9.87. The first-order valence-electron chi connectivity index (χ1n) is 4.59. The fraction of sp³-hybridized carbons (Fsp3) is 0. The largest absolute Gasteiger partial charge is 0.140 e. The molecule has 0 fully saturated rings. The molecule has 0 aliphatic heterocycles. The second kappa shape index (κ2) is 4.01. The van der Waals surface area contributed by atoms with Gasteiger partial charge in [0, 0.05) is 4.47 Å². The van der Waals surface area contributed by atoms with Crippen molar-refractivity contribution >= 4 is 29.2 Å². The number of benzene rings is 2. The van der Waals surface area contributed by atoms with E-state index in [1.165, 1.54) is 16.6 Å². The van der Waals surface area contributed by atoms with Gasteiger partial charge < -0.3 is 0 Å². The Morgan fingerprint density at radius 2 is 1.36 bits per heavy atom. The molecule has 2 aromatic carbocycles. The highest BCUT2D eigenvalue weighted by molar-refractivity contribution is 9.10. The minimum atomic E-state index is 1.15. The summed E-state index contributed by atoms with van der Waals surface area (Å²) in [5, 5.41) is 0. The highest BCUT2D eigenvalue weighted by Crippen LogP contribution is 2.25. The summed E-state index contributed by atoms with van der Waals surface area (Å²) in [6.45, 7) is 0. The van der Waals surface area contributed by atoms with Crippen LogP contribution in [0.2, 0.25) is 0 Å². The van der Waals surface area contributed by atoms with Crippen LogP contribution in [0.4, 0.5) is 0 Å². The normalized spacial score (nSPS) is 10.1. The molecule has 2 heteroatoms. The van der Waals surface area contributed by atoms with Crippen LogP contribution in [0, 0.1) is 0 Å². The van der Waals surface area contributed by atoms with Crippen molar-refractivity contribution in [2.24, 2.45) is 0 Å². The maximum absolute atomic E-state index is 3.57. The van der Waals surface area contributed by atoms with Gasteiger partial charge in [-0.25, -0.2) is 0 Å². The van der Waals surface area contributed by atoms with Gasteiger partial charge in [0.15, 0.2) is 0 Å². The van der Waals surface area contributed by atoms with Gasteiger partial charge in [-0.1, -0.05) is 63.9 Å². The molecule has 2 rings (SSSR count).